The van der Waals surface area contributed by atoms with Gasteiger partial charge in [0.15, 0.2) is 0 Å². The van der Waals surface area contributed by atoms with Crippen LogP contribution in [0.25, 0.3) is 153 Å². The van der Waals surface area contributed by atoms with Crippen LogP contribution in [0.5, 0.6) is 0 Å². The minimum atomic E-state index is -0.0697. The third-order valence-corrected chi connectivity index (χ3v) is 17.7. The van der Waals surface area contributed by atoms with E-state index in [0.29, 0.717) is 0 Å². The number of benzene rings is 13. The van der Waals surface area contributed by atoms with Crippen LogP contribution in [-0.4, -0.2) is 0 Å². The van der Waals surface area contributed by atoms with E-state index in [1.807, 2.05) is 0 Å². The zero-order chi connectivity index (χ0) is 52.9. The molecule has 0 fully saturated rings. The Morgan fingerprint density at radius 1 is 0.231 bits per heavy atom. The largest absolute Gasteiger partial charge is 0.0622 e. The van der Waals surface area contributed by atoms with Crippen molar-refractivity contribution < 1.29 is 0 Å². The fourth-order valence-corrected chi connectivity index (χ4v) is 14.0. The predicted molar refractivity (Wildman–Crippen MR) is 340 cm³/mol. The van der Waals surface area contributed by atoms with Crippen molar-refractivity contribution >= 4 is 97.0 Å². The van der Waals surface area contributed by atoms with E-state index in [2.05, 4.69) is 274 Å². The first-order valence-corrected chi connectivity index (χ1v) is 27.9. The maximum atomic E-state index is 2.61. The molecule has 0 N–H and O–H groups in total. The van der Waals surface area contributed by atoms with Crippen LogP contribution in [0.2, 0.25) is 0 Å². The van der Waals surface area contributed by atoms with Crippen LogP contribution in [0.4, 0.5) is 0 Å². The summed E-state index contributed by atoms with van der Waals surface area (Å²) in [4.78, 5) is 0. The molecule has 0 saturated carbocycles. The fraction of sp³-hybridized carbons (Fsp3) is 0.128. The second-order valence-electron chi connectivity index (χ2n) is 24.4. The molecular formula is C78H60. The molecule has 78 heavy (non-hydrogen) atoms. The third kappa shape index (κ3) is 6.78. The number of rotatable bonds is 5. The van der Waals surface area contributed by atoms with Gasteiger partial charge in [-0.15, -0.1) is 0 Å². The van der Waals surface area contributed by atoms with Gasteiger partial charge in [-0.1, -0.05) is 242 Å². The average Bonchev–Trinajstić information content (AvgIpc) is 4.13. The van der Waals surface area contributed by atoms with Crippen LogP contribution in [0.1, 0.15) is 63.8 Å². The van der Waals surface area contributed by atoms with Gasteiger partial charge in [0.05, 0.1) is 0 Å². The normalized spacial score (nSPS) is 12.6. The molecular weight excluding hydrogens is 937 g/mol. The maximum Gasteiger partial charge on any atom is -0.000719 e. The summed E-state index contributed by atoms with van der Waals surface area (Å²) in [6, 6.07) is 83.8. The van der Waals surface area contributed by atoms with E-state index in [-0.39, 0.29) is 10.8 Å². The van der Waals surface area contributed by atoms with Gasteiger partial charge >= 0.3 is 0 Å². The number of aryl methyl sites for hydroxylation is 2. The van der Waals surface area contributed by atoms with Gasteiger partial charge in [0.25, 0.3) is 0 Å². The molecule has 0 aliphatic heterocycles. The second kappa shape index (κ2) is 16.8. The van der Waals surface area contributed by atoms with E-state index in [1.54, 1.807) is 0 Å². The third-order valence-electron chi connectivity index (χ3n) is 17.7. The molecule has 0 bridgehead atoms. The Hall–Kier alpha value is -8.84. The molecule has 0 radical (unpaired) electrons. The summed E-state index contributed by atoms with van der Waals surface area (Å²) in [5, 5.41) is 23.4. The minimum Gasteiger partial charge on any atom is -0.0622 e. The van der Waals surface area contributed by atoms with Gasteiger partial charge in [-0.25, -0.2) is 0 Å². The molecule has 0 heteroatoms. The van der Waals surface area contributed by atoms with Crippen molar-refractivity contribution in [1.82, 2.24) is 0 Å². The highest BCUT2D eigenvalue weighted by Gasteiger charge is 2.29. The predicted octanol–water partition coefficient (Wildman–Crippen LogP) is 22.5. The lowest BCUT2D eigenvalue weighted by atomic mass is 9.77. The lowest BCUT2D eigenvalue weighted by Gasteiger charge is -2.27. The van der Waals surface area contributed by atoms with Gasteiger partial charge < -0.3 is 0 Å². The van der Waals surface area contributed by atoms with Crippen molar-refractivity contribution in [2.45, 2.75) is 66.2 Å². The van der Waals surface area contributed by atoms with E-state index < -0.39 is 0 Å². The zero-order valence-electron chi connectivity index (χ0n) is 45.8. The lowest BCUT2D eigenvalue weighted by molar-refractivity contribution is 0.569. The van der Waals surface area contributed by atoms with Crippen LogP contribution >= 0.6 is 0 Å². The van der Waals surface area contributed by atoms with Gasteiger partial charge in [-0.3, -0.25) is 0 Å². The summed E-state index contributed by atoms with van der Waals surface area (Å²) in [5.41, 5.74) is 17.9. The minimum absolute atomic E-state index is 0.0697. The quantitative estimate of drug-likeness (QED) is 0.151. The van der Waals surface area contributed by atoms with Crippen LogP contribution in [0.15, 0.2) is 218 Å². The molecule has 0 aliphatic rings. The molecule has 15 rings (SSSR count). The molecule has 0 aliphatic carbocycles. The van der Waals surface area contributed by atoms with Crippen molar-refractivity contribution in [1.29, 1.82) is 0 Å². The Labute approximate surface area is 456 Å². The summed E-state index contributed by atoms with van der Waals surface area (Å²) in [7, 11) is 0. The number of hydrogen-bond donors (Lipinski definition) is 0. The van der Waals surface area contributed by atoms with Crippen molar-refractivity contribution in [3.8, 4) is 55.6 Å². The topological polar surface area (TPSA) is 0 Å². The van der Waals surface area contributed by atoms with E-state index in [4.69, 9.17) is 0 Å². The Kier molecular flexibility index (Phi) is 10.0. The van der Waals surface area contributed by atoms with Crippen molar-refractivity contribution in [3.63, 3.8) is 0 Å². The molecule has 0 amide bonds. The molecule has 372 valence electrons. The number of hydrogen-bond acceptors (Lipinski definition) is 0. The molecule has 0 unspecified atom stereocenters. The smallest absolute Gasteiger partial charge is 0.000719 e. The zero-order valence-corrected chi connectivity index (χ0v) is 45.8. The summed E-state index contributed by atoms with van der Waals surface area (Å²) in [6.45, 7) is 18.7. The highest BCUT2D eigenvalue weighted by molar-refractivity contribution is 6.46. The molecule has 15 aromatic carbocycles. The highest BCUT2D eigenvalue weighted by Crippen LogP contribution is 2.56. The molecule has 0 aromatic heterocycles. The number of fused-ring (bicyclic) bond motifs is 11. The molecule has 0 spiro atoms. The van der Waals surface area contributed by atoms with Crippen LogP contribution in [-0.2, 0) is 10.8 Å². The van der Waals surface area contributed by atoms with Crippen molar-refractivity contribution in [2.75, 3.05) is 0 Å². The Morgan fingerprint density at radius 3 is 1.37 bits per heavy atom. The van der Waals surface area contributed by atoms with E-state index in [9.17, 15) is 0 Å². The first-order chi connectivity index (χ1) is 37.8. The average molecular weight is 997 g/mol. The fourth-order valence-electron chi connectivity index (χ4n) is 14.0. The van der Waals surface area contributed by atoms with Gasteiger partial charge in [0.2, 0.25) is 0 Å². The molecule has 15 aromatic rings. The van der Waals surface area contributed by atoms with E-state index in [0.717, 1.165) is 0 Å². The first kappa shape index (κ1) is 46.5. The lowest BCUT2D eigenvalue weighted by Crippen LogP contribution is -2.16. The summed E-state index contributed by atoms with van der Waals surface area (Å²) in [6.07, 6.45) is 0. The molecule has 0 atom stereocenters. The van der Waals surface area contributed by atoms with E-state index in [1.165, 1.54) is 175 Å². The molecule has 0 nitrogen and oxygen atoms in total. The summed E-state index contributed by atoms with van der Waals surface area (Å²) >= 11 is 0. The Morgan fingerprint density at radius 2 is 0.718 bits per heavy atom. The second-order valence-corrected chi connectivity index (χ2v) is 24.4. The van der Waals surface area contributed by atoms with Crippen LogP contribution < -0.4 is 0 Å². The van der Waals surface area contributed by atoms with Crippen molar-refractivity contribution in [3.05, 3.63) is 241 Å². The van der Waals surface area contributed by atoms with Gasteiger partial charge in [0.1, 0.15) is 0 Å². The van der Waals surface area contributed by atoms with Crippen molar-refractivity contribution in [2.24, 2.45) is 0 Å². The van der Waals surface area contributed by atoms with Gasteiger partial charge in [-0.05, 0) is 218 Å². The molecule has 0 heterocycles. The van der Waals surface area contributed by atoms with Gasteiger partial charge in [0, 0.05) is 0 Å². The monoisotopic (exact) mass is 996 g/mol. The highest BCUT2D eigenvalue weighted by atomic mass is 14.3. The standard InChI is InChI=1S/C78H60/c1-45-21-17-22-46(2)68(45)50-35-36-60-65(41-50)69(49-26-13-10-14-27-49)75-62-34-20-32-58-63-43-66-71-57(64(63)44-67(72(58)62)76(75)70(60)51-39-52(77(3,4)5)42-53(40-51)78(6,7)8)31-19-33-61(71)73-55(48-23-11-9-12-24-48)37-38-59(74(66)73)56-30-18-28-47-25-15-16-29-54(47)56/h9-44H,1-8H3. The SMILES string of the molecule is Cc1cccc(C)c1-c1ccc2c(-c3cc(C(C)(C)C)cc(C(C)(C)C)c3)c3c4cc5c(cc6c7c(-c8cccc9ccccc89)ccc(-c8ccccc8)c7c7cccc5c76)c5cccc(c3c(-c3ccccc3)c2c1)c54. The summed E-state index contributed by atoms with van der Waals surface area (Å²) in [5.74, 6) is 0. The Bertz CT molecular complexity index is 4900. The Balaban J connectivity index is 1.16. The molecule has 0 saturated heterocycles. The van der Waals surface area contributed by atoms with E-state index >= 15 is 0 Å². The maximum absolute atomic E-state index is 2.61. The van der Waals surface area contributed by atoms with Gasteiger partial charge in [-0.2, -0.15) is 0 Å². The first-order valence-electron chi connectivity index (χ1n) is 27.9. The summed E-state index contributed by atoms with van der Waals surface area (Å²) < 4.78 is 0. The van der Waals surface area contributed by atoms with Crippen LogP contribution in [0, 0.1) is 13.8 Å². The van der Waals surface area contributed by atoms with Crippen LogP contribution in [0.3, 0.4) is 0 Å².